The van der Waals surface area contributed by atoms with Gasteiger partial charge in [0.05, 0.1) is 11.8 Å². The second kappa shape index (κ2) is 8.81. The van der Waals surface area contributed by atoms with E-state index in [1.54, 1.807) is 10.9 Å². The first kappa shape index (κ1) is 22.1. The van der Waals surface area contributed by atoms with Crippen LogP contribution in [0.1, 0.15) is 41.7 Å². The zero-order valence-electron chi connectivity index (χ0n) is 17.4. The molecule has 3 heterocycles. The molecular formula is C21H23F3N6OS. The number of nitrogen functional groups attached to an aromatic ring is 1. The molecule has 0 saturated carbocycles. The van der Waals surface area contributed by atoms with Gasteiger partial charge in [0.2, 0.25) is 0 Å². The van der Waals surface area contributed by atoms with Crippen LogP contribution in [0.2, 0.25) is 0 Å². The smallest absolute Gasteiger partial charge is 0.389 e. The topological polar surface area (TPSA) is 89.1 Å². The molecule has 3 N–H and O–H groups in total. The number of hydrogen-bond acceptors (Lipinski definition) is 6. The van der Waals surface area contributed by atoms with Gasteiger partial charge in [0.1, 0.15) is 15.7 Å². The number of carbonyl (C=O) groups is 1. The van der Waals surface area contributed by atoms with E-state index in [4.69, 9.17) is 5.73 Å². The van der Waals surface area contributed by atoms with Crippen molar-refractivity contribution in [1.29, 1.82) is 0 Å². The number of hydrogen-bond donors (Lipinski definition) is 2. The standard InChI is InChI=1S/C21H23F3N6OS/c1-29-20(30-9-4-2-3-5-10-30)15(12-26-29)27-18(31)16-17(25)32-19(28-16)13-7-6-8-14(11-13)21(22,23)24/h6-8,11-12H,2-5,9-10,25H2,1H3,(H,27,31). The molecule has 3 aromatic rings. The molecule has 0 unspecified atom stereocenters. The largest absolute Gasteiger partial charge is 0.416 e. The summed E-state index contributed by atoms with van der Waals surface area (Å²) in [5, 5.41) is 7.49. The van der Waals surface area contributed by atoms with Gasteiger partial charge in [-0.15, -0.1) is 0 Å². The molecule has 11 heteroatoms. The molecule has 1 aliphatic rings. The molecule has 32 heavy (non-hydrogen) atoms. The van der Waals surface area contributed by atoms with Crippen LogP contribution in [-0.4, -0.2) is 33.8 Å². The number of nitrogens with zero attached hydrogens (tertiary/aromatic N) is 4. The van der Waals surface area contributed by atoms with Crippen LogP contribution < -0.4 is 16.0 Å². The van der Waals surface area contributed by atoms with Crippen molar-refractivity contribution in [3.63, 3.8) is 0 Å². The van der Waals surface area contributed by atoms with Gasteiger partial charge in [-0.25, -0.2) is 4.98 Å². The third-order valence-corrected chi connectivity index (χ3v) is 6.30. The Morgan fingerprint density at radius 1 is 1.19 bits per heavy atom. The molecule has 2 aromatic heterocycles. The quantitative estimate of drug-likeness (QED) is 0.580. The lowest BCUT2D eigenvalue weighted by atomic mass is 10.1. The average Bonchev–Trinajstić information content (AvgIpc) is 3.19. The fourth-order valence-electron chi connectivity index (χ4n) is 3.80. The second-order valence-electron chi connectivity index (χ2n) is 7.67. The molecule has 1 fully saturated rings. The number of anilines is 3. The van der Waals surface area contributed by atoms with Crippen molar-refractivity contribution >= 4 is 33.8 Å². The molecule has 4 rings (SSSR count). The molecule has 1 aliphatic heterocycles. The molecular weight excluding hydrogens is 441 g/mol. The fraction of sp³-hybridized carbons (Fsp3) is 0.381. The van der Waals surface area contributed by atoms with E-state index < -0.39 is 17.6 Å². The molecule has 0 aliphatic carbocycles. The van der Waals surface area contributed by atoms with Crippen LogP contribution in [0.25, 0.3) is 10.6 Å². The Balaban J connectivity index is 1.58. The van der Waals surface area contributed by atoms with Crippen molar-refractivity contribution in [3.05, 3.63) is 41.7 Å². The minimum Gasteiger partial charge on any atom is -0.389 e. The van der Waals surface area contributed by atoms with E-state index in [9.17, 15) is 18.0 Å². The highest BCUT2D eigenvalue weighted by molar-refractivity contribution is 7.19. The Labute approximate surface area is 187 Å². The normalized spacial score (nSPS) is 14.9. The monoisotopic (exact) mass is 464 g/mol. The zero-order chi connectivity index (χ0) is 22.9. The van der Waals surface area contributed by atoms with E-state index in [2.05, 4.69) is 20.3 Å². The van der Waals surface area contributed by atoms with Crippen LogP contribution in [-0.2, 0) is 13.2 Å². The van der Waals surface area contributed by atoms with Gasteiger partial charge in [-0.05, 0) is 25.0 Å². The van der Waals surface area contributed by atoms with Crippen molar-refractivity contribution in [3.8, 4) is 10.6 Å². The summed E-state index contributed by atoms with van der Waals surface area (Å²) in [5.74, 6) is 0.285. The summed E-state index contributed by atoms with van der Waals surface area (Å²) in [6.07, 6.45) is 1.58. The zero-order valence-corrected chi connectivity index (χ0v) is 18.3. The van der Waals surface area contributed by atoms with Gasteiger partial charge in [0.15, 0.2) is 11.5 Å². The lowest BCUT2D eigenvalue weighted by molar-refractivity contribution is -0.137. The molecule has 7 nitrogen and oxygen atoms in total. The van der Waals surface area contributed by atoms with Gasteiger partial charge in [0.25, 0.3) is 5.91 Å². The summed E-state index contributed by atoms with van der Waals surface area (Å²) < 4.78 is 40.8. The predicted octanol–water partition coefficient (Wildman–Crippen LogP) is 4.78. The number of aromatic nitrogens is 3. The molecule has 1 amide bonds. The number of amides is 1. The van der Waals surface area contributed by atoms with Crippen molar-refractivity contribution in [2.75, 3.05) is 29.0 Å². The van der Waals surface area contributed by atoms with Crippen LogP contribution in [0.3, 0.4) is 0 Å². The summed E-state index contributed by atoms with van der Waals surface area (Å²) in [7, 11) is 1.82. The number of nitrogens with two attached hydrogens (primary N) is 1. The predicted molar refractivity (Wildman–Crippen MR) is 119 cm³/mol. The second-order valence-corrected chi connectivity index (χ2v) is 8.70. The highest BCUT2D eigenvalue weighted by Gasteiger charge is 2.31. The van der Waals surface area contributed by atoms with Gasteiger partial charge >= 0.3 is 6.18 Å². The van der Waals surface area contributed by atoms with Gasteiger partial charge in [-0.3, -0.25) is 9.48 Å². The van der Waals surface area contributed by atoms with Crippen molar-refractivity contribution in [2.45, 2.75) is 31.9 Å². The van der Waals surface area contributed by atoms with E-state index >= 15 is 0 Å². The van der Waals surface area contributed by atoms with Gasteiger partial charge < -0.3 is 16.0 Å². The molecule has 0 bridgehead atoms. The minimum absolute atomic E-state index is 0.0203. The summed E-state index contributed by atoms with van der Waals surface area (Å²) in [6, 6.07) is 4.80. The summed E-state index contributed by atoms with van der Waals surface area (Å²) in [4.78, 5) is 19.4. The molecule has 0 atom stereocenters. The molecule has 0 spiro atoms. The lowest BCUT2D eigenvalue weighted by Gasteiger charge is -2.23. The first-order valence-corrected chi connectivity index (χ1v) is 11.1. The van der Waals surface area contributed by atoms with Crippen molar-refractivity contribution in [2.24, 2.45) is 7.05 Å². The Morgan fingerprint density at radius 2 is 1.91 bits per heavy atom. The SMILES string of the molecule is Cn1ncc(NC(=O)c2nc(-c3cccc(C(F)(F)F)c3)sc2N)c1N1CCCCCC1. The van der Waals surface area contributed by atoms with Gasteiger partial charge in [0, 0.05) is 25.7 Å². The van der Waals surface area contributed by atoms with E-state index in [1.165, 1.54) is 25.0 Å². The first-order valence-electron chi connectivity index (χ1n) is 10.3. The van der Waals surface area contributed by atoms with Crippen molar-refractivity contribution in [1.82, 2.24) is 14.8 Å². The van der Waals surface area contributed by atoms with E-state index in [1.807, 2.05) is 7.05 Å². The Kier molecular flexibility index (Phi) is 6.09. The van der Waals surface area contributed by atoms with E-state index in [-0.39, 0.29) is 21.3 Å². The van der Waals surface area contributed by atoms with Crippen LogP contribution >= 0.6 is 11.3 Å². The minimum atomic E-state index is -4.47. The van der Waals surface area contributed by atoms with Crippen molar-refractivity contribution < 1.29 is 18.0 Å². The number of alkyl halides is 3. The summed E-state index contributed by atoms with van der Waals surface area (Å²) in [6.45, 7) is 1.75. The van der Waals surface area contributed by atoms with Crippen LogP contribution in [0.4, 0.5) is 29.7 Å². The number of thiazole rings is 1. The number of rotatable bonds is 4. The third kappa shape index (κ3) is 4.57. The van der Waals surface area contributed by atoms with E-state index in [0.29, 0.717) is 5.69 Å². The molecule has 1 aromatic carbocycles. The number of aryl methyl sites for hydroxylation is 1. The maximum absolute atomic E-state index is 13.0. The molecule has 0 radical (unpaired) electrons. The van der Waals surface area contributed by atoms with Crippen LogP contribution in [0, 0.1) is 0 Å². The molecule has 1 saturated heterocycles. The highest BCUT2D eigenvalue weighted by Crippen LogP contribution is 2.35. The van der Waals surface area contributed by atoms with Gasteiger partial charge in [-0.1, -0.05) is 36.3 Å². The number of carbonyl (C=O) groups excluding carboxylic acids is 1. The maximum Gasteiger partial charge on any atom is 0.416 e. The highest BCUT2D eigenvalue weighted by atomic mass is 32.1. The molecule has 170 valence electrons. The Bertz CT molecular complexity index is 1120. The van der Waals surface area contributed by atoms with Gasteiger partial charge in [-0.2, -0.15) is 18.3 Å². The summed E-state index contributed by atoms with van der Waals surface area (Å²) >= 11 is 0.973. The number of halogens is 3. The van der Waals surface area contributed by atoms with Crippen LogP contribution in [0.5, 0.6) is 0 Å². The Morgan fingerprint density at radius 3 is 2.59 bits per heavy atom. The van der Waals surface area contributed by atoms with Crippen LogP contribution in [0.15, 0.2) is 30.5 Å². The number of nitrogens with one attached hydrogen (secondary N) is 1. The third-order valence-electron chi connectivity index (χ3n) is 5.37. The fourth-order valence-corrected chi connectivity index (χ4v) is 4.63. The Hall–Kier alpha value is -3.08. The maximum atomic E-state index is 13.0. The van der Waals surface area contributed by atoms with E-state index in [0.717, 1.165) is 55.2 Å². The first-order chi connectivity index (χ1) is 15.2. The lowest BCUT2D eigenvalue weighted by Crippen LogP contribution is -2.27. The average molecular weight is 465 g/mol. The number of benzene rings is 1. The summed E-state index contributed by atoms with van der Waals surface area (Å²) in [5.41, 5.74) is 6.00.